The minimum Gasteiger partial charge on any atom is -0.388 e. The highest BCUT2D eigenvalue weighted by atomic mass is 79.9. The highest BCUT2D eigenvalue weighted by Crippen LogP contribution is 2.38. The molecule has 0 radical (unpaired) electrons. The van der Waals surface area contributed by atoms with Crippen LogP contribution in [0.25, 0.3) is 0 Å². The molecule has 12 heavy (non-hydrogen) atoms. The summed E-state index contributed by atoms with van der Waals surface area (Å²) in [7, 11) is 0. The average Bonchev–Trinajstić information content (AvgIpc) is 1.92. The summed E-state index contributed by atoms with van der Waals surface area (Å²) in [4.78, 5) is 0. The Labute approximate surface area is 76.4 Å². The van der Waals surface area contributed by atoms with E-state index in [2.05, 4.69) is 15.9 Å². The van der Waals surface area contributed by atoms with E-state index in [4.69, 9.17) is 5.11 Å². The molecule has 70 valence electrons. The van der Waals surface area contributed by atoms with Gasteiger partial charge in [-0.1, -0.05) is 22.0 Å². The van der Waals surface area contributed by atoms with E-state index in [0.29, 0.717) is 4.48 Å². The van der Waals surface area contributed by atoms with Crippen LogP contribution in [0, 0.1) is 5.92 Å². The number of hydrogen-bond donors (Lipinski definition) is 1. The van der Waals surface area contributed by atoms with Gasteiger partial charge in [0.25, 0.3) is 0 Å². The van der Waals surface area contributed by atoms with Crippen molar-refractivity contribution in [1.29, 1.82) is 0 Å². The van der Waals surface area contributed by atoms with Crippen molar-refractivity contribution in [3.8, 4) is 0 Å². The fourth-order valence-corrected chi connectivity index (χ4v) is 1.51. The Morgan fingerprint density at radius 3 is 2.50 bits per heavy atom. The number of halogens is 4. The van der Waals surface area contributed by atoms with Crippen LogP contribution in [0.5, 0.6) is 0 Å². The summed E-state index contributed by atoms with van der Waals surface area (Å²) in [5.41, 5.74) is 0. The molecule has 0 spiro atoms. The van der Waals surface area contributed by atoms with E-state index in [1.165, 1.54) is 6.08 Å². The van der Waals surface area contributed by atoms with Gasteiger partial charge < -0.3 is 5.11 Å². The van der Waals surface area contributed by atoms with Crippen molar-refractivity contribution in [2.75, 3.05) is 0 Å². The molecule has 1 N–H and O–H groups in total. The van der Waals surface area contributed by atoms with Crippen molar-refractivity contribution in [2.45, 2.75) is 25.1 Å². The molecule has 0 amide bonds. The van der Waals surface area contributed by atoms with E-state index in [1.807, 2.05) is 0 Å². The SMILES string of the molecule is O[C@@H]1C[C@H](C(F)(F)F)CC=C1Br. The molecule has 0 saturated carbocycles. The van der Waals surface area contributed by atoms with Gasteiger partial charge in [-0.3, -0.25) is 0 Å². The van der Waals surface area contributed by atoms with Gasteiger partial charge in [0.2, 0.25) is 0 Å². The first-order chi connectivity index (χ1) is 5.41. The molecule has 0 aliphatic heterocycles. The van der Waals surface area contributed by atoms with Crippen molar-refractivity contribution >= 4 is 15.9 Å². The number of allylic oxidation sites excluding steroid dienone is 1. The maximum absolute atomic E-state index is 12.1. The maximum atomic E-state index is 12.1. The number of hydrogen-bond acceptors (Lipinski definition) is 1. The first-order valence-corrected chi connectivity index (χ1v) is 4.31. The Kier molecular flexibility index (Phi) is 2.83. The van der Waals surface area contributed by atoms with E-state index in [9.17, 15) is 13.2 Å². The minimum atomic E-state index is -4.19. The third-order valence-corrected chi connectivity index (χ3v) is 2.74. The Balaban J connectivity index is 2.65. The molecule has 1 aliphatic carbocycles. The van der Waals surface area contributed by atoms with Crippen LogP contribution in [0.15, 0.2) is 10.6 Å². The van der Waals surface area contributed by atoms with Crippen LogP contribution in [0.1, 0.15) is 12.8 Å². The van der Waals surface area contributed by atoms with Crippen molar-refractivity contribution < 1.29 is 18.3 Å². The molecule has 0 unspecified atom stereocenters. The highest BCUT2D eigenvalue weighted by molar-refractivity contribution is 9.11. The average molecular weight is 245 g/mol. The van der Waals surface area contributed by atoms with E-state index in [0.717, 1.165) is 0 Å². The Morgan fingerprint density at radius 1 is 1.50 bits per heavy atom. The molecule has 0 aromatic carbocycles. The van der Waals surface area contributed by atoms with Crippen LogP contribution in [-0.2, 0) is 0 Å². The largest absolute Gasteiger partial charge is 0.392 e. The van der Waals surface area contributed by atoms with Crippen LogP contribution in [-0.4, -0.2) is 17.4 Å². The van der Waals surface area contributed by atoms with Crippen molar-refractivity contribution in [3.05, 3.63) is 10.6 Å². The van der Waals surface area contributed by atoms with Crippen LogP contribution in [0.2, 0.25) is 0 Å². The standard InChI is InChI=1S/C7H8BrF3O/c8-5-2-1-4(3-6(5)12)7(9,10)11/h2,4,6,12H,1,3H2/t4-,6-/m1/s1. The number of aliphatic hydroxyl groups excluding tert-OH is 1. The molecule has 0 aromatic rings. The second kappa shape index (κ2) is 3.38. The van der Waals surface area contributed by atoms with Gasteiger partial charge in [-0.05, 0) is 12.8 Å². The summed E-state index contributed by atoms with van der Waals surface area (Å²) in [6, 6.07) is 0. The number of alkyl halides is 3. The zero-order valence-electron chi connectivity index (χ0n) is 6.11. The first-order valence-electron chi connectivity index (χ1n) is 3.51. The predicted octanol–water partition coefficient (Wildman–Crippen LogP) is 2.60. The molecule has 0 aromatic heterocycles. The van der Waals surface area contributed by atoms with Crippen molar-refractivity contribution in [2.24, 2.45) is 5.92 Å². The lowest BCUT2D eigenvalue weighted by molar-refractivity contribution is -0.180. The molecule has 0 fully saturated rings. The van der Waals surface area contributed by atoms with Crippen LogP contribution >= 0.6 is 15.9 Å². The molecule has 0 bridgehead atoms. The van der Waals surface area contributed by atoms with Gasteiger partial charge in [-0.2, -0.15) is 13.2 Å². The van der Waals surface area contributed by atoms with Crippen LogP contribution in [0.3, 0.4) is 0 Å². The fourth-order valence-electron chi connectivity index (χ4n) is 1.14. The summed E-state index contributed by atoms with van der Waals surface area (Å²) in [5.74, 6) is -1.39. The number of rotatable bonds is 0. The third kappa shape index (κ3) is 2.23. The maximum Gasteiger partial charge on any atom is 0.392 e. The topological polar surface area (TPSA) is 20.2 Å². The fraction of sp³-hybridized carbons (Fsp3) is 0.714. The van der Waals surface area contributed by atoms with E-state index in [1.54, 1.807) is 0 Å². The van der Waals surface area contributed by atoms with Gasteiger partial charge >= 0.3 is 6.18 Å². The zero-order valence-corrected chi connectivity index (χ0v) is 7.69. The van der Waals surface area contributed by atoms with Gasteiger partial charge in [-0.25, -0.2) is 0 Å². The summed E-state index contributed by atoms with van der Waals surface area (Å²) in [6.45, 7) is 0. The Bertz CT molecular complexity index is 199. The number of aliphatic hydroxyl groups is 1. The summed E-state index contributed by atoms with van der Waals surface area (Å²) >= 11 is 2.99. The third-order valence-electron chi connectivity index (χ3n) is 1.89. The molecule has 5 heteroatoms. The lowest BCUT2D eigenvalue weighted by Gasteiger charge is -2.25. The first kappa shape index (κ1) is 10.1. The van der Waals surface area contributed by atoms with E-state index < -0.39 is 18.2 Å². The van der Waals surface area contributed by atoms with E-state index in [-0.39, 0.29) is 12.8 Å². The van der Waals surface area contributed by atoms with Gasteiger partial charge in [0.1, 0.15) is 0 Å². The quantitative estimate of drug-likeness (QED) is 0.695. The van der Waals surface area contributed by atoms with Gasteiger partial charge in [-0.15, -0.1) is 0 Å². The smallest absolute Gasteiger partial charge is 0.388 e. The second-order valence-corrected chi connectivity index (χ2v) is 3.73. The van der Waals surface area contributed by atoms with Crippen LogP contribution in [0.4, 0.5) is 13.2 Å². The second-order valence-electron chi connectivity index (χ2n) is 2.81. The molecular formula is C7H8BrF3O. The monoisotopic (exact) mass is 244 g/mol. The normalized spacial score (nSPS) is 31.6. The van der Waals surface area contributed by atoms with Crippen molar-refractivity contribution in [1.82, 2.24) is 0 Å². The predicted molar refractivity (Wildman–Crippen MR) is 41.8 cm³/mol. The zero-order chi connectivity index (χ0) is 9.35. The Morgan fingerprint density at radius 2 is 2.08 bits per heavy atom. The van der Waals surface area contributed by atoms with Gasteiger partial charge in [0.05, 0.1) is 12.0 Å². The molecule has 0 saturated heterocycles. The van der Waals surface area contributed by atoms with Crippen molar-refractivity contribution in [3.63, 3.8) is 0 Å². The van der Waals surface area contributed by atoms with Gasteiger partial charge in [0, 0.05) is 4.48 Å². The molecule has 0 heterocycles. The van der Waals surface area contributed by atoms with Gasteiger partial charge in [0.15, 0.2) is 0 Å². The molecule has 1 aliphatic rings. The molecule has 1 rings (SSSR count). The minimum absolute atomic E-state index is 0.0405. The summed E-state index contributed by atoms with van der Waals surface area (Å²) < 4.78 is 36.7. The summed E-state index contributed by atoms with van der Waals surface area (Å²) in [6.07, 6.45) is -4.08. The lowest BCUT2D eigenvalue weighted by atomic mass is 9.92. The Hall–Kier alpha value is -0.0300. The lowest BCUT2D eigenvalue weighted by Crippen LogP contribution is -2.29. The molecular weight excluding hydrogens is 237 g/mol. The highest BCUT2D eigenvalue weighted by Gasteiger charge is 2.41. The van der Waals surface area contributed by atoms with E-state index >= 15 is 0 Å². The van der Waals surface area contributed by atoms with Crippen LogP contribution < -0.4 is 0 Å². The summed E-state index contributed by atoms with van der Waals surface area (Å²) in [5, 5.41) is 9.10. The molecule has 2 atom stereocenters. The molecule has 1 nitrogen and oxygen atoms in total.